The van der Waals surface area contributed by atoms with Crippen LogP contribution in [0.3, 0.4) is 0 Å². The van der Waals surface area contributed by atoms with Crippen molar-refractivity contribution in [2.45, 2.75) is 25.4 Å². The molecule has 0 saturated carbocycles. The molecule has 1 aromatic heterocycles. The minimum absolute atomic E-state index is 0.400. The summed E-state index contributed by atoms with van der Waals surface area (Å²) in [4.78, 5) is 3.64. The molecule has 4 heteroatoms. The summed E-state index contributed by atoms with van der Waals surface area (Å²) in [6.07, 6.45) is 2.30. The van der Waals surface area contributed by atoms with Crippen LogP contribution in [0.4, 0.5) is 5.69 Å². The fourth-order valence-electron chi connectivity index (χ4n) is 2.81. The molecular weight excluding hydrogens is 288 g/mol. The van der Waals surface area contributed by atoms with Gasteiger partial charge in [-0.1, -0.05) is 29.8 Å². The summed E-state index contributed by atoms with van der Waals surface area (Å²) in [6.45, 7) is 0.952. The van der Waals surface area contributed by atoms with Gasteiger partial charge in [0.15, 0.2) is 0 Å². The van der Waals surface area contributed by atoms with Crippen molar-refractivity contribution >= 4 is 28.6 Å². The van der Waals surface area contributed by atoms with Crippen molar-refractivity contribution < 1.29 is 0 Å². The molecule has 20 heavy (non-hydrogen) atoms. The molecule has 0 aliphatic heterocycles. The second kappa shape index (κ2) is 5.76. The highest BCUT2D eigenvalue weighted by Crippen LogP contribution is 2.41. The van der Waals surface area contributed by atoms with Crippen molar-refractivity contribution in [3.05, 3.63) is 50.7 Å². The molecule has 0 radical (unpaired) electrons. The van der Waals surface area contributed by atoms with E-state index in [-0.39, 0.29) is 0 Å². The molecule has 0 bridgehead atoms. The zero-order valence-electron chi connectivity index (χ0n) is 11.8. The van der Waals surface area contributed by atoms with Crippen molar-refractivity contribution in [1.29, 1.82) is 0 Å². The third-order valence-electron chi connectivity index (χ3n) is 3.68. The van der Waals surface area contributed by atoms with Gasteiger partial charge in [-0.05, 0) is 50.2 Å². The lowest BCUT2D eigenvalue weighted by molar-refractivity contribution is 0.403. The number of aryl methyl sites for hydroxylation is 1. The number of benzene rings is 1. The standard InChI is InChI=1S/C16H19ClN2S/c1-19(2)10-11-5-3-4-6-13(11)18-14-7-8-15-12(14)9-16(17)20-15/h3-6,9,14,18H,7-8,10H2,1-2H3. The van der Waals surface area contributed by atoms with Gasteiger partial charge >= 0.3 is 0 Å². The van der Waals surface area contributed by atoms with Crippen molar-refractivity contribution in [3.8, 4) is 0 Å². The molecule has 1 unspecified atom stereocenters. The van der Waals surface area contributed by atoms with Crippen LogP contribution in [-0.4, -0.2) is 19.0 Å². The van der Waals surface area contributed by atoms with Gasteiger partial charge in [0.25, 0.3) is 0 Å². The lowest BCUT2D eigenvalue weighted by Gasteiger charge is -2.19. The molecule has 0 saturated heterocycles. The Morgan fingerprint density at radius 3 is 2.95 bits per heavy atom. The molecule has 0 amide bonds. The summed E-state index contributed by atoms with van der Waals surface area (Å²) in [5, 5.41) is 3.71. The fraction of sp³-hybridized carbons (Fsp3) is 0.375. The minimum Gasteiger partial charge on any atom is -0.378 e. The maximum absolute atomic E-state index is 6.13. The third-order valence-corrected chi connectivity index (χ3v) is 5.02. The Kier molecular flexibility index (Phi) is 4.01. The second-order valence-corrected chi connectivity index (χ2v) is 7.33. The Morgan fingerprint density at radius 2 is 2.15 bits per heavy atom. The van der Waals surface area contributed by atoms with Crippen LogP contribution in [0.1, 0.15) is 28.5 Å². The average molecular weight is 307 g/mol. The number of hydrogen-bond acceptors (Lipinski definition) is 3. The summed E-state index contributed by atoms with van der Waals surface area (Å²) in [6, 6.07) is 11.1. The number of thiophene rings is 1. The molecule has 1 N–H and O–H groups in total. The van der Waals surface area contributed by atoms with E-state index in [0.29, 0.717) is 6.04 Å². The van der Waals surface area contributed by atoms with Crippen LogP contribution in [0, 0.1) is 0 Å². The van der Waals surface area contributed by atoms with Crippen LogP contribution in [-0.2, 0) is 13.0 Å². The van der Waals surface area contributed by atoms with Crippen molar-refractivity contribution in [3.63, 3.8) is 0 Å². The number of anilines is 1. The first-order chi connectivity index (χ1) is 9.63. The molecule has 0 fully saturated rings. The molecule has 1 aliphatic carbocycles. The average Bonchev–Trinajstić information content (AvgIpc) is 2.92. The number of rotatable bonds is 4. The minimum atomic E-state index is 0.400. The van der Waals surface area contributed by atoms with Crippen molar-refractivity contribution in [1.82, 2.24) is 4.90 Å². The largest absolute Gasteiger partial charge is 0.378 e. The van der Waals surface area contributed by atoms with E-state index in [2.05, 4.69) is 54.6 Å². The van der Waals surface area contributed by atoms with Crippen molar-refractivity contribution in [2.24, 2.45) is 0 Å². The molecule has 3 rings (SSSR count). The highest BCUT2D eigenvalue weighted by Gasteiger charge is 2.25. The van der Waals surface area contributed by atoms with E-state index < -0.39 is 0 Å². The molecule has 106 valence electrons. The van der Waals surface area contributed by atoms with Gasteiger partial charge in [-0.25, -0.2) is 0 Å². The first kappa shape index (κ1) is 13.9. The van der Waals surface area contributed by atoms with E-state index in [1.165, 1.54) is 21.7 Å². The van der Waals surface area contributed by atoms with Gasteiger partial charge in [-0.15, -0.1) is 11.3 Å². The molecule has 0 spiro atoms. The Labute approximate surface area is 129 Å². The fourth-order valence-corrected chi connectivity index (χ4v) is 4.16. The Balaban J connectivity index is 1.82. The molecular formula is C16H19ClN2S. The summed E-state index contributed by atoms with van der Waals surface area (Å²) >= 11 is 7.85. The second-order valence-electron chi connectivity index (χ2n) is 5.56. The molecule has 1 aliphatic rings. The van der Waals surface area contributed by atoms with Crippen LogP contribution in [0.2, 0.25) is 4.34 Å². The maximum Gasteiger partial charge on any atom is 0.0934 e. The smallest absolute Gasteiger partial charge is 0.0934 e. The summed E-state index contributed by atoms with van der Waals surface area (Å²) < 4.78 is 0.906. The van der Waals surface area contributed by atoms with Gasteiger partial charge in [0, 0.05) is 17.1 Å². The van der Waals surface area contributed by atoms with Crippen LogP contribution in [0.15, 0.2) is 30.3 Å². The van der Waals surface area contributed by atoms with E-state index in [4.69, 9.17) is 11.6 Å². The SMILES string of the molecule is CN(C)Cc1ccccc1NC1CCc2sc(Cl)cc21. The van der Waals surface area contributed by atoms with Crippen LogP contribution in [0.5, 0.6) is 0 Å². The topological polar surface area (TPSA) is 15.3 Å². The van der Waals surface area contributed by atoms with E-state index in [1.54, 1.807) is 11.3 Å². The lowest BCUT2D eigenvalue weighted by Crippen LogP contribution is -2.14. The molecule has 2 nitrogen and oxygen atoms in total. The molecule has 1 aromatic carbocycles. The van der Waals surface area contributed by atoms with Crippen LogP contribution in [0.25, 0.3) is 0 Å². The van der Waals surface area contributed by atoms with E-state index in [1.807, 2.05) is 0 Å². The number of hydrogen-bond donors (Lipinski definition) is 1. The van der Waals surface area contributed by atoms with Gasteiger partial charge in [0.1, 0.15) is 0 Å². The monoisotopic (exact) mass is 306 g/mol. The van der Waals surface area contributed by atoms with Gasteiger partial charge in [-0.3, -0.25) is 0 Å². The molecule has 1 atom stereocenters. The number of halogens is 1. The third kappa shape index (κ3) is 2.85. The molecule has 1 heterocycles. The highest BCUT2D eigenvalue weighted by atomic mass is 35.5. The van der Waals surface area contributed by atoms with Crippen LogP contribution < -0.4 is 5.32 Å². The zero-order chi connectivity index (χ0) is 14.1. The van der Waals surface area contributed by atoms with Gasteiger partial charge in [-0.2, -0.15) is 0 Å². The summed E-state index contributed by atoms with van der Waals surface area (Å²) in [5.41, 5.74) is 3.97. The van der Waals surface area contributed by atoms with Crippen molar-refractivity contribution in [2.75, 3.05) is 19.4 Å². The van der Waals surface area contributed by atoms with E-state index in [0.717, 1.165) is 23.7 Å². The predicted octanol–water partition coefficient (Wildman–Crippen LogP) is 4.56. The van der Waals surface area contributed by atoms with Gasteiger partial charge < -0.3 is 10.2 Å². The van der Waals surface area contributed by atoms with Crippen LogP contribution >= 0.6 is 22.9 Å². The normalized spacial score (nSPS) is 17.5. The van der Waals surface area contributed by atoms with E-state index in [9.17, 15) is 0 Å². The number of fused-ring (bicyclic) bond motifs is 1. The Morgan fingerprint density at radius 1 is 1.35 bits per heavy atom. The van der Waals surface area contributed by atoms with E-state index >= 15 is 0 Å². The first-order valence-electron chi connectivity index (χ1n) is 6.91. The Bertz CT molecular complexity index is 606. The summed E-state index contributed by atoms with van der Waals surface area (Å²) in [5.74, 6) is 0. The maximum atomic E-state index is 6.13. The predicted molar refractivity (Wildman–Crippen MR) is 87.8 cm³/mol. The summed E-state index contributed by atoms with van der Waals surface area (Å²) in [7, 11) is 4.20. The lowest BCUT2D eigenvalue weighted by atomic mass is 10.1. The Hall–Kier alpha value is -1.03. The van der Waals surface area contributed by atoms with Gasteiger partial charge in [0.2, 0.25) is 0 Å². The number of para-hydroxylation sites is 1. The first-order valence-corrected chi connectivity index (χ1v) is 8.10. The quantitative estimate of drug-likeness (QED) is 0.890. The number of nitrogens with one attached hydrogen (secondary N) is 1. The molecule has 2 aromatic rings. The highest BCUT2D eigenvalue weighted by molar-refractivity contribution is 7.16. The zero-order valence-corrected chi connectivity index (χ0v) is 13.4. The number of nitrogens with zero attached hydrogens (tertiary/aromatic N) is 1. The van der Waals surface area contributed by atoms with Gasteiger partial charge in [0.05, 0.1) is 10.4 Å².